The van der Waals surface area contributed by atoms with Crippen molar-refractivity contribution >= 4 is 0 Å². The van der Waals surface area contributed by atoms with Gasteiger partial charge in [0.2, 0.25) is 0 Å². The Labute approximate surface area is 128 Å². The van der Waals surface area contributed by atoms with E-state index in [1.807, 2.05) is 19.4 Å². The Morgan fingerprint density at radius 1 is 1.32 bits per heavy atom. The Morgan fingerprint density at radius 3 is 2.82 bits per heavy atom. The normalized spacial score (nSPS) is 22.4. The quantitative estimate of drug-likeness (QED) is 0.940. The summed E-state index contributed by atoms with van der Waals surface area (Å²) in [4.78, 5) is 2.12. The maximum atomic E-state index is 13.4. The van der Waals surface area contributed by atoms with Crippen LogP contribution in [0.2, 0.25) is 0 Å². The molecule has 0 radical (unpaired) electrons. The standard InChI is InChI=1S/C16H19F2N3O/c1-20-9-11(8-19-20)4-5-21-10-13(22)7-16(21)12-2-3-14(17)15(18)6-12/h2-3,6,8-9,13,16,22H,4-5,7,10H2,1H3/t13-,16-/m1/s1. The van der Waals surface area contributed by atoms with Crippen molar-refractivity contribution in [2.45, 2.75) is 25.0 Å². The van der Waals surface area contributed by atoms with Gasteiger partial charge in [-0.2, -0.15) is 5.10 Å². The number of benzene rings is 1. The van der Waals surface area contributed by atoms with Gasteiger partial charge in [-0.05, 0) is 36.1 Å². The Bertz CT molecular complexity index is 659. The molecular weight excluding hydrogens is 288 g/mol. The van der Waals surface area contributed by atoms with E-state index in [1.165, 1.54) is 6.07 Å². The average molecular weight is 307 g/mol. The number of rotatable bonds is 4. The fraction of sp³-hybridized carbons (Fsp3) is 0.438. The largest absolute Gasteiger partial charge is 0.392 e. The number of nitrogens with zero attached hydrogens (tertiary/aromatic N) is 3. The zero-order valence-corrected chi connectivity index (χ0v) is 12.4. The van der Waals surface area contributed by atoms with E-state index in [1.54, 1.807) is 10.7 Å². The second-order valence-electron chi connectivity index (χ2n) is 5.85. The fourth-order valence-corrected chi connectivity index (χ4v) is 3.07. The topological polar surface area (TPSA) is 41.3 Å². The molecule has 1 N–H and O–H groups in total. The van der Waals surface area contributed by atoms with E-state index >= 15 is 0 Å². The molecule has 0 saturated carbocycles. The van der Waals surface area contributed by atoms with Gasteiger partial charge in [0.25, 0.3) is 0 Å². The Balaban J connectivity index is 1.72. The first kappa shape index (κ1) is 15.1. The molecule has 1 aliphatic rings. The molecule has 6 heteroatoms. The van der Waals surface area contributed by atoms with Gasteiger partial charge in [0, 0.05) is 32.4 Å². The maximum Gasteiger partial charge on any atom is 0.159 e. The van der Waals surface area contributed by atoms with E-state index < -0.39 is 17.7 Å². The molecule has 1 fully saturated rings. The van der Waals surface area contributed by atoms with Gasteiger partial charge < -0.3 is 5.11 Å². The number of halogens is 2. The van der Waals surface area contributed by atoms with Crippen molar-refractivity contribution in [1.82, 2.24) is 14.7 Å². The van der Waals surface area contributed by atoms with E-state index in [2.05, 4.69) is 10.00 Å². The molecule has 0 unspecified atom stereocenters. The first-order chi connectivity index (χ1) is 10.5. The van der Waals surface area contributed by atoms with Crippen LogP contribution in [0.25, 0.3) is 0 Å². The van der Waals surface area contributed by atoms with Gasteiger partial charge in [-0.3, -0.25) is 9.58 Å². The summed E-state index contributed by atoms with van der Waals surface area (Å²) in [5.74, 6) is -1.68. The highest BCUT2D eigenvalue weighted by Crippen LogP contribution is 2.32. The molecule has 1 saturated heterocycles. The minimum atomic E-state index is -0.843. The van der Waals surface area contributed by atoms with Crippen molar-refractivity contribution in [3.05, 3.63) is 53.4 Å². The van der Waals surface area contributed by atoms with Crippen molar-refractivity contribution < 1.29 is 13.9 Å². The summed E-state index contributed by atoms with van der Waals surface area (Å²) in [5, 5.41) is 14.1. The van der Waals surface area contributed by atoms with Crippen LogP contribution in [0.1, 0.15) is 23.6 Å². The van der Waals surface area contributed by atoms with Crippen molar-refractivity contribution in [3.8, 4) is 0 Å². The van der Waals surface area contributed by atoms with Crippen LogP contribution in [0.15, 0.2) is 30.6 Å². The maximum absolute atomic E-state index is 13.4. The average Bonchev–Trinajstić information content (AvgIpc) is 3.05. The zero-order valence-electron chi connectivity index (χ0n) is 12.4. The molecule has 0 bridgehead atoms. The first-order valence-corrected chi connectivity index (χ1v) is 7.37. The van der Waals surface area contributed by atoms with Gasteiger partial charge >= 0.3 is 0 Å². The van der Waals surface area contributed by atoms with E-state index in [-0.39, 0.29) is 6.04 Å². The molecule has 2 heterocycles. The van der Waals surface area contributed by atoms with Crippen LogP contribution < -0.4 is 0 Å². The summed E-state index contributed by atoms with van der Waals surface area (Å²) in [7, 11) is 1.87. The van der Waals surface area contributed by atoms with Crippen molar-refractivity contribution in [2.24, 2.45) is 7.05 Å². The van der Waals surface area contributed by atoms with E-state index in [0.29, 0.717) is 18.5 Å². The third-order valence-corrected chi connectivity index (χ3v) is 4.16. The summed E-state index contributed by atoms with van der Waals surface area (Å²) < 4.78 is 28.3. The second-order valence-corrected chi connectivity index (χ2v) is 5.85. The first-order valence-electron chi connectivity index (χ1n) is 7.37. The monoisotopic (exact) mass is 307 g/mol. The van der Waals surface area contributed by atoms with E-state index in [4.69, 9.17) is 0 Å². The van der Waals surface area contributed by atoms with Gasteiger partial charge in [-0.15, -0.1) is 0 Å². The summed E-state index contributed by atoms with van der Waals surface area (Å²) >= 11 is 0. The lowest BCUT2D eigenvalue weighted by molar-refractivity contribution is 0.175. The SMILES string of the molecule is Cn1cc(CCN2C[C@H](O)C[C@@H]2c2ccc(F)c(F)c2)cn1. The summed E-state index contributed by atoms with van der Waals surface area (Å²) in [5.41, 5.74) is 1.83. The lowest BCUT2D eigenvalue weighted by atomic mass is 10.0. The molecule has 22 heavy (non-hydrogen) atoms. The van der Waals surface area contributed by atoms with E-state index in [9.17, 15) is 13.9 Å². The summed E-state index contributed by atoms with van der Waals surface area (Å²) in [6.45, 7) is 1.29. The molecule has 4 nitrogen and oxygen atoms in total. The number of likely N-dealkylation sites (tertiary alicyclic amines) is 1. The van der Waals surface area contributed by atoms with Crippen LogP contribution in [0, 0.1) is 11.6 Å². The number of aliphatic hydroxyl groups excluding tert-OH is 1. The number of β-amino-alcohol motifs (C(OH)–C–C–N with tert-alkyl or cyclic N) is 1. The van der Waals surface area contributed by atoms with Gasteiger partial charge in [0.1, 0.15) is 0 Å². The molecule has 1 aliphatic heterocycles. The second kappa shape index (κ2) is 6.14. The highest BCUT2D eigenvalue weighted by Gasteiger charge is 2.32. The predicted octanol–water partition coefficient (Wildman–Crippen LogP) is 2.05. The van der Waals surface area contributed by atoms with Crippen molar-refractivity contribution in [2.75, 3.05) is 13.1 Å². The number of aryl methyl sites for hydroxylation is 1. The molecule has 0 amide bonds. The Kier molecular flexibility index (Phi) is 4.22. The minimum Gasteiger partial charge on any atom is -0.392 e. The molecule has 1 aromatic carbocycles. The van der Waals surface area contributed by atoms with Crippen LogP contribution >= 0.6 is 0 Å². The molecule has 1 aromatic heterocycles. The molecular formula is C16H19F2N3O. The van der Waals surface area contributed by atoms with Crippen LogP contribution in [-0.4, -0.2) is 39.0 Å². The van der Waals surface area contributed by atoms with Crippen LogP contribution in [0.4, 0.5) is 8.78 Å². The van der Waals surface area contributed by atoms with Crippen LogP contribution in [-0.2, 0) is 13.5 Å². The predicted molar refractivity (Wildman–Crippen MR) is 78.2 cm³/mol. The van der Waals surface area contributed by atoms with Crippen LogP contribution in [0.5, 0.6) is 0 Å². The molecule has 2 atom stereocenters. The smallest absolute Gasteiger partial charge is 0.159 e. The number of aliphatic hydroxyl groups is 1. The number of aromatic nitrogens is 2. The van der Waals surface area contributed by atoms with Crippen molar-refractivity contribution in [3.63, 3.8) is 0 Å². The molecule has 2 aromatic rings. The highest BCUT2D eigenvalue weighted by atomic mass is 19.2. The highest BCUT2D eigenvalue weighted by molar-refractivity contribution is 5.23. The fourth-order valence-electron chi connectivity index (χ4n) is 3.07. The summed E-state index contributed by atoms with van der Waals surface area (Å²) in [6, 6.07) is 3.89. The van der Waals surface area contributed by atoms with Gasteiger partial charge in [-0.25, -0.2) is 8.78 Å². The van der Waals surface area contributed by atoms with Crippen LogP contribution in [0.3, 0.4) is 0 Å². The number of hydrogen-bond acceptors (Lipinski definition) is 3. The number of hydrogen-bond donors (Lipinski definition) is 1. The third-order valence-electron chi connectivity index (χ3n) is 4.16. The van der Waals surface area contributed by atoms with Gasteiger partial charge in [0.15, 0.2) is 11.6 Å². The lowest BCUT2D eigenvalue weighted by Gasteiger charge is -2.24. The molecule has 118 valence electrons. The molecule has 0 spiro atoms. The Morgan fingerprint density at radius 2 is 2.14 bits per heavy atom. The lowest BCUT2D eigenvalue weighted by Crippen LogP contribution is -2.27. The van der Waals surface area contributed by atoms with Gasteiger partial charge in [-0.1, -0.05) is 6.07 Å². The minimum absolute atomic E-state index is 0.0817. The van der Waals surface area contributed by atoms with E-state index in [0.717, 1.165) is 24.6 Å². The summed E-state index contributed by atoms with van der Waals surface area (Å²) in [6.07, 6.45) is 4.68. The van der Waals surface area contributed by atoms with Gasteiger partial charge in [0.05, 0.1) is 12.3 Å². The molecule has 0 aliphatic carbocycles. The van der Waals surface area contributed by atoms with Crippen molar-refractivity contribution in [1.29, 1.82) is 0 Å². The Hall–Kier alpha value is -1.79. The third kappa shape index (κ3) is 3.18. The molecule has 3 rings (SSSR count). The zero-order chi connectivity index (χ0) is 15.7.